The molecule has 1 aromatic heterocycles. The summed E-state index contributed by atoms with van der Waals surface area (Å²) in [5, 5.41) is 0.952. The van der Waals surface area contributed by atoms with Gasteiger partial charge in [0.05, 0.1) is 6.10 Å². The molecule has 100 valence electrons. The Morgan fingerprint density at radius 1 is 1.44 bits per heavy atom. The van der Waals surface area contributed by atoms with Crippen LogP contribution in [0, 0.1) is 0 Å². The average molecular weight is 314 g/mol. The first-order valence-corrected chi connectivity index (χ1v) is 7.64. The van der Waals surface area contributed by atoms with Crippen LogP contribution in [0.5, 0.6) is 5.88 Å². The third-order valence-corrected chi connectivity index (χ3v) is 3.47. The Kier molecular flexibility index (Phi) is 4.80. The highest BCUT2D eigenvalue weighted by atomic mass is 79.9. The molecule has 5 heteroatoms. The van der Waals surface area contributed by atoms with Crippen LogP contribution >= 0.6 is 15.9 Å². The van der Waals surface area contributed by atoms with Crippen molar-refractivity contribution < 1.29 is 4.74 Å². The Morgan fingerprint density at radius 3 is 2.78 bits per heavy atom. The second kappa shape index (κ2) is 6.36. The molecule has 18 heavy (non-hydrogen) atoms. The number of aromatic nitrogens is 2. The number of anilines is 1. The summed E-state index contributed by atoms with van der Waals surface area (Å²) >= 11 is 3.51. The van der Waals surface area contributed by atoms with Gasteiger partial charge in [0, 0.05) is 24.0 Å². The van der Waals surface area contributed by atoms with Crippen LogP contribution in [-0.2, 0) is 0 Å². The largest absolute Gasteiger partial charge is 0.475 e. The van der Waals surface area contributed by atoms with Crippen molar-refractivity contribution >= 4 is 21.7 Å². The summed E-state index contributed by atoms with van der Waals surface area (Å²) in [4.78, 5) is 10.9. The lowest BCUT2D eigenvalue weighted by Crippen LogP contribution is -2.41. The molecule has 1 saturated carbocycles. The molecule has 0 amide bonds. The minimum Gasteiger partial charge on any atom is -0.475 e. The summed E-state index contributed by atoms with van der Waals surface area (Å²) < 4.78 is 5.63. The molecule has 0 spiro atoms. The van der Waals surface area contributed by atoms with Gasteiger partial charge in [-0.15, -0.1) is 0 Å². The van der Waals surface area contributed by atoms with Crippen LogP contribution in [0.1, 0.15) is 33.1 Å². The molecular formula is C13H20BrN3O. The summed E-state index contributed by atoms with van der Waals surface area (Å²) in [5.41, 5.74) is 0. The van der Waals surface area contributed by atoms with Gasteiger partial charge in [-0.05, 0) is 33.1 Å². The van der Waals surface area contributed by atoms with Crippen LogP contribution in [0.4, 0.5) is 5.82 Å². The third-order valence-electron chi connectivity index (χ3n) is 3.12. The lowest BCUT2D eigenvalue weighted by atomic mass is 9.91. The highest BCUT2D eigenvalue weighted by Gasteiger charge is 2.25. The molecule has 2 rings (SSSR count). The molecule has 1 fully saturated rings. The lowest BCUT2D eigenvalue weighted by molar-refractivity contribution is 0.232. The molecular weight excluding hydrogens is 294 g/mol. The molecule has 0 atom stereocenters. The third kappa shape index (κ3) is 3.34. The van der Waals surface area contributed by atoms with Gasteiger partial charge in [0.2, 0.25) is 5.88 Å². The summed E-state index contributed by atoms with van der Waals surface area (Å²) in [6.45, 7) is 4.98. The van der Waals surface area contributed by atoms with E-state index in [0.29, 0.717) is 11.9 Å². The Bertz CT molecular complexity index is 382. The van der Waals surface area contributed by atoms with Crippen molar-refractivity contribution in [3.63, 3.8) is 0 Å². The van der Waals surface area contributed by atoms with Crippen molar-refractivity contribution in [1.29, 1.82) is 0 Å². The molecule has 1 aromatic rings. The van der Waals surface area contributed by atoms with Gasteiger partial charge in [-0.3, -0.25) is 0 Å². The summed E-state index contributed by atoms with van der Waals surface area (Å²) in [6.07, 6.45) is 5.58. The zero-order chi connectivity index (χ0) is 13.0. The van der Waals surface area contributed by atoms with Gasteiger partial charge in [-0.2, -0.15) is 0 Å². The van der Waals surface area contributed by atoms with Crippen molar-refractivity contribution in [3.05, 3.63) is 12.4 Å². The van der Waals surface area contributed by atoms with Gasteiger partial charge in [0.15, 0.2) is 0 Å². The van der Waals surface area contributed by atoms with E-state index in [1.165, 1.54) is 19.3 Å². The second-order valence-corrected chi connectivity index (χ2v) is 5.64. The number of hydrogen-bond acceptors (Lipinski definition) is 4. The van der Waals surface area contributed by atoms with Gasteiger partial charge in [0.25, 0.3) is 0 Å². The number of hydrogen-bond donors (Lipinski definition) is 0. The summed E-state index contributed by atoms with van der Waals surface area (Å²) in [7, 11) is 0. The van der Waals surface area contributed by atoms with E-state index >= 15 is 0 Å². The lowest BCUT2D eigenvalue weighted by Gasteiger charge is -2.38. The van der Waals surface area contributed by atoms with Gasteiger partial charge < -0.3 is 9.64 Å². The number of halogens is 1. The van der Waals surface area contributed by atoms with Crippen LogP contribution < -0.4 is 9.64 Å². The summed E-state index contributed by atoms with van der Waals surface area (Å²) in [5.74, 6) is 1.64. The van der Waals surface area contributed by atoms with E-state index in [-0.39, 0.29) is 6.10 Å². The van der Waals surface area contributed by atoms with Gasteiger partial charge in [-0.1, -0.05) is 15.9 Å². The van der Waals surface area contributed by atoms with E-state index in [2.05, 4.69) is 30.8 Å². The van der Waals surface area contributed by atoms with E-state index in [1.54, 1.807) is 6.33 Å². The van der Waals surface area contributed by atoms with Gasteiger partial charge in [0.1, 0.15) is 12.1 Å². The minimum absolute atomic E-state index is 0.140. The SMILES string of the molecule is CC(C)Oc1cc(N(CCBr)C2CCC2)ncn1. The standard InChI is InChI=1S/C13H20BrN3O/c1-10(2)18-13-8-12(15-9-16-13)17(7-6-14)11-4-3-5-11/h8-11H,3-7H2,1-2H3. The molecule has 0 aromatic carbocycles. The number of alkyl halides is 1. The first-order valence-electron chi connectivity index (χ1n) is 6.52. The maximum absolute atomic E-state index is 5.63. The molecule has 0 radical (unpaired) electrons. The fourth-order valence-electron chi connectivity index (χ4n) is 2.07. The highest BCUT2D eigenvalue weighted by Crippen LogP contribution is 2.29. The molecule has 0 bridgehead atoms. The fourth-order valence-corrected chi connectivity index (χ4v) is 2.45. The van der Waals surface area contributed by atoms with Crippen molar-refractivity contribution in [2.45, 2.75) is 45.3 Å². The maximum Gasteiger partial charge on any atom is 0.218 e. The fraction of sp³-hybridized carbons (Fsp3) is 0.692. The van der Waals surface area contributed by atoms with Crippen LogP contribution in [0.3, 0.4) is 0 Å². The molecule has 1 heterocycles. The van der Waals surface area contributed by atoms with Crippen LogP contribution in [0.15, 0.2) is 12.4 Å². The van der Waals surface area contributed by atoms with Crippen molar-refractivity contribution in [2.24, 2.45) is 0 Å². The van der Waals surface area contributed by atoms with Crippen LogP contribution in [-0.4, -0.2) is 34.0 Å². The Labute approximate surface area is 117 Å². The smallest absolute Gasteiger partial charge is 0.218 e. The molecule has 0 aliphatic heterocycles. The second-order valence-electron chi connectivity index (χ2n) is 4.85. The predicted molar refractivity (Wildman–Crippen MR) is 76.6 cm³/mol. The van der Waals surface area contributed by atoms with Crippen LogP contribution in [0.25, 0.3) is 0 Å². The Morgan fingerprint density at radius 2 is 2.22 bits per heavy atom. The first-order chi connectivity index (χ1) is 8.70. The van der Waals surface area contributed by atoms with Crippen molar-refractivity contribution in [3.8, 4) is 5.88 Å². The quantitative estimate of drug-likeness (QED) is 0.757. The molecule has 0 unspecified atom stereocenters. The topological polar surface area (TPSA) is 38.2 Å². The van der Waals surface area contributed by atoms with E-state index < -0.39 is 0 Å². The van der Waals surface area contributed by atoms with Gasteiger partial charge in [-0.25, -0.2) is 9.97 Å². The molecule has 0 N–H and O–H groups in total. The number of ether oxygens (including phenoxy) is 1. The Balaban J connectivity index is 2.13. The summed E-state index contributed by atoms with van der Waals surface area (Å²) in [6, 6.07) is 2.57. The van der Waals surface area contributed by atoms with E-state index in [1.807, 2.05) is 19.9 Å². The molecule has 1 aliphatic carbocycles. The van der Waals surface area contributed by atoms with Crippen molar-refractivity contribution in [1.82, 2.24) is 9.97 Å². The van der Waals surface area contributed by atoms with Crippen LogP contribution in [0.2, 0.25) is 0 Å². The van der Waals surface area contributed by atoms with E-state index in [4.69, 9.17) is 4.74 Å². The van der Waals surface area contributed by atoms with Crippen molar-refractivity contribution in [2.75, 3.05) is 16.8 Å². The number of nitrogens with zero attached hydrogens (tertiary/aromatic N) is 3. The molecule has 0 saturated heterocycles. The normalized spacial score (nSPS) is 15.6. The Hall–Kier alpha value is -0.840. The zero-order valence-corrected chi connectivity index (χ0v) is 12.6. The first kappa shape index (κ1) is 13.6. The van der Waals surface area contributed by atoms with E-state index in [0.717, 1.165) is 17.7 Å². The molecule has 4 nitrogen and oxygen atoms in total. The average Bonchev–Trinajstić information content (AvgIpc) is 2.25. The molecule has 1 aliphatic rings. The predicted octanol–water partition coefficient (Wildman–Crippen LogP) is 3.02. The minimum atomic E-state index is 0.140. The monoisotopic (exact) mass is 313 g/mol. The maximum atomic E-state index is 5.63. The van der Waals surface area contributed by atoms with E-state index in [9.17, 15) is 0 Å². The zero-order valence-electron chi connectivity index (χ0n) is 11.0. The highest BCUT2D eigenvalue weighted by molar-refractivity contribution is 9.09. The number of rotatable bonds is 6. The van der Waals surface area contributed by atoms with Gasteiger partial charge >= 0.3 is 0 Å².